The van der Waals surface area contributed by atoms with Gasteiger partial charge in [-0.25, -0.2) is 4.79 Å². The van der Waals surface area contributed by atoms with Crippen molar-refractivity contribution < 1.29 is 29.3 Å². The monoisotopic (exact) mass is 656 g/mol. The molecule has 1 saturated heterocycles. The van der Waals surface area contributed by atoms with E-state index >= 15 is 0 Å². The van der Waals surface area contributed by atoms with E-state index in [9.17, 15) is 24.6 Å². The Morgan fingerprint density at radius 2 is 1.56 bits per heavy atom. The van der Waals surface area contributed by atoms with Crippen LogP contribution in [0.15, 0.2) is 84.9 Å². The zero-order valence-corrected chi connectivity index (χ0v) is 28.0. The zero-order valence-electron chi connectivity index (χ0n) is 28.0. The van der Waals surface area contributed by atoms with Crippen LogP contribution in [0.1, 0.15) is 55.5 Å². The van der Waals surface area contributed by atoms with Crippen LogP contribution in [0, 0.1) is 5.92 Å². The molecule has 1 fully saturated rings. The van der Waals surface area contributed by atoms with Gasteiger partial charge in [-0.15, -0.1) is 0 Å². The van der Waals surface area contributed by atoms with Gasteiger partial charge in [0.05, 0.1) is 18.2 Å². The van der Waals surface area contributed by atoms with Crippen molar-refractivity contribution in [3.63, 3.8) is 0 Å². The Morgan fingerprint density at radius 1 is 0.917 bits per heavy atom. The Labute approximate surface area is 283 Å². The SMILES string of the molecule is CC(C)(C)NC(=O)[C@@H]1CN(C(=O)OCc2ccccc2)CCN1C[C@@H](O)C[C@@H](Cc1ccccc1)C(=O)N[C@H]1c2ccccc2C[C@H]1O. The Hall–Kier alpha value is -4.25. The number of piperazine rings is 1. The number of hydrogen-bond donors (Lipinski definition) is 4. The van der Waals surface area contributed by atoms with Crippen molar-refractivity contribution in [1.82, 2.24) is 20.4 Å². The first kappa shape index (κ1) is 35.1. The maximum Gasteiger partial charge on any atom is 0.410 e. The number of nitrogens with one attached hydrogen (secondary N) is 2. The topological polar surface area (TPSA) is 131 Å². The number of aliphatic hydroxyl groups is 2. The van der Waals surface area contributed by atoms with Gasteiger partial charge in [0.2, 0.25) is 11.8 Å². The molecule has 3 aromatic carbocycles. The van der Waals surface area contributed by atoms with Gasteiger partial charge in [0.25, 0.3) is 0 Å². The Morgan fingerprint density at radius 3 is 2.25 bits per heavy atom. The first-order chi connectivity index (χ1) is 23.0. The van der Waals surface area contributed by atoms with E-state index in [0.717, 1.165) is 22.3 Å². The number of nitrogens with zero attached hydrogens (tertiary/aromatic N) is 2. The molecule has 10 heteroatoms. The Balaban J connectivity index is 1.27. The first-order valence-corrected chi connectivity index (χ1v) is 16.8. The number of β-amino-alcohol motifs (C(OH)–C–C–N with tert-alkyl or cyclic N) is 1. The summed E-state index contributed by atoms with van der Waals surface area (Å²) in [6.07, 6.45) is -1.14. The molecule has 0 bridgehead atoms. The molecule has 0 unspecified atom stereocenters. The molecular formula is C38H48N4O6. The molecule has 0 saturated carbocycles. The molecule has 2 aliphatic rings. The molecule has 0 spiro atoms. The third-order valence-corrected chi connectivity index (χ3v) is 8.95. The van der Waals surface area contributed by atoms with Gasteiger partial charge in [0, 0.05) is 44.1 Å². The summed E-state index contributed by atoms with van der Waals surface area (Å²) in [5, 5.41) is 28.4. The maximum atomic E-state index is 13.8. The molecule has 4 N–H and O–H groups in total. The van der Waals surface area contributed by atoms with Gasteiger partial charge in [-0.05, 0) is 55.9 Å². The lowest BCUT2D eigenvalue weighted by Gasteiger charge is -2.41. The average molecular weight is 657 g/mol. The second-order valence-corrected chi connectivity index (χ2v) is 14.0. The third kappa shape index (κ3) is 9.43. The minimum atomic E-state index is -0.938. The van der Waals surface area contributed by atoms with Gasteiger partial charge < -0.3 is 30.5 Å². The van der Waals surface area contributed by atoms with Gasteiger partial charge in [-0.2, -0.15) is 0 Å². The molecule has 1 heterocycles. The summed E-state index contributed by atoms with van der Waals surface area (Å²) in [4.78, 5) is 43.8. The molecular weight excluding hydrogens is 608 g/mol. The second kappa shape index (κ2) is 15.8. The molecule has 256 valence electrons. The highest BCUT2D eigenvalue weighted by Gasteiger charge is 2.38. The van der Waals surface area contributed by atoms with Crippen molar-refractivity contribution in [2.45, 2.75) is 76.5 Å². The lowest BCUT2D eigenvalue weighted by molar-refractivity contribution is -0.132. The van der Waals surface area contributed by atoms with E-state index in [4.69, 9.17) is 4.74 Å². The number of rotatable bonds is 11. The molecule has 3 aromatic rings. The lowest BCUT2D eigenvalue weighted by Crippen LogP contribution is -2.62. The summed E-state index contributed by atoms with van der Waals surface area (Å²) < 4.78 is 5.56. The predicted octanol–water partition coefficient (Wildman–Crippen LogP) is 3.61. The number of carbonyl (C=O) groups excluding carboxylic acids is 3. The lowest BCUT2D eigenvalue weighted by atomic mass is 9.91. The van der Waals surface area contributed by atoms with Crippen LogP contribution in [-0.2, 0) is 33.8 Å². The van der Waals surface area contributed by atoms with Crippen molar-refractivity contribution in [3.8, 4) is 0 Å². The number of carbonyl (C=O) groups is 3. The quantitative estimate of drug-likeness (QED) is 0.248. The van der Waals surface area contributed by atoms with E-state index in [1.54, 1.807) is 0 Å². The van der Waals surface area contributed by atoms with Crippen molar-refractivity contribution in [3.05, 3.63) is 107 Å². The van der Waals surface area contributed by atoms with Crippen molar-refractivity contribution in [2.24, 2.45) is 5.92 Å². The minimum Gasteiger partial charge on any atom is -0.445 e. The second-order valence-electron chi connectivity index (χ2n) is 14.0. The number of fused-ring (bicyclic) bond motifs is 1. The highest BCUT2D eigenvalue weighted by atomic mass is 16.6. The van der Waals surface area contributed by atoms with Crippen LogP contribution in [0.5, 0.6) is 0 Å². The van der Waals surface area contributed by atoms with Crippen LogP contribution in [-0.4, -0.2) is 87.9 Å². The molecule has 0 aromatic heterocycles. The number of ether oxygens (including phenoxy) is 1. The van der Waals surface area contributed by atoms with Gasteiger partial charge in [-0.1, -0.05) is 84.9 Å². The maximum absolute atomic E-state index is 13.8. The summed E-state index contributed by atoms with van der Waals surface area (Å²) in [6.45, 7) is 6.73. The molecule has 48 heavy (non-hydrogen) atoms. The summed E-state index contributed by atoms with van der Waals surface area (Å²) >= 11 is 0. The normalized spacial score (nSPS) is 20.8. The van der Waals surface area contributed by atoms with Crippen LogP contribution in [0.3, 0.4) is 0 Å². The van der Waals surface area contributed by atoms with E-state index in [-0.39, 0.29) is 37.9 Å². The Kier molecular flexibility index (Phi) is 11.5. The predicted molar refractivity (Wildman–Crippen MR) is 183 cm³/mol. The smallest absolute Gasteiger partial charge is 0.410 e. The summed E-state index contributed by atoms with van der Waals surface area (Å²) in [7, 11) is 0. The molecule has 5 atom stereocenters. The van der Waals surface area contributed by atoms with Crippen molar-refractivity contribution in [2.75, 3.05) is 26.2 Å². The number of amides is 3. The zero-order chi connectivity index (χ0) is 34.3. The molecule has 5 rings (SSSR count). The van der Waals surface area contributed by atoms with Crippen molar-refractivity contribution in [1.29, 1.82) is 0 Å². The van der Waals surface area contributed by atoms with E-state index in [1.807, 2.05) is 111 Å². The minimum absolute atomic E-state index is 0.106. The van der Waals surface area contributed by atoms with Gasteiger partial charge in [0.1, 0.15) is 12.6 Å². The van der Waals surface area contributed by atoms with Gasteiger partial charge in [0.15, 0.2) is 0 Å². The number of benzene rings is 3. The highest BCUT2D eigenvalue weighted by molar-refractivity contribution is 5.83. The molecule has 1 aliphatic heterocycles. The molecule has 10 nitrogen and oxygen atoms in total. The fourth-order valence-electron chi connectivity index (χ4n) is 6.59. The summed E-state index contributed by atoms with van der Waals surface area (Å²) in [6, 6.07) is 25.5. The first-order valence-electron chi connectivity index (χ1n) is 16.8. The van der Waals surface area contributed by atoms with Crippen LogP contribution >= 0.6 is 0 Å². The van der Waals surface area contributed by atoms with Gasteiger partial charge >= 0.3 is 6.09 Å². The standard InChI is InChI=1S/C38H48N4O6/c1-38(2,3)40-36(46)32-24-42(37(47)48-25-27-14-8-5-9-15-27)19-18-41(32)23-30(43)21-29(20-26-12-6-4-7-13-26)35(45)39-34-31-17-11-10-16-28(31)22-33(34)44/h4-17,29-30,32-34,43-44H,18-25H2,1-3H3,(H,39,45)(H,40,46)/t29-,30+,32+,33-,34+/m1/s1. The van der Waals surface area contributed by atoms with E-state index in [2.05, 4.69) is 10.6 Å². The van der Waals surface area contributed by atoms with Crippen LogP contribution < -0.4 is 10.6 Å². The molecule has 3 amide bonds. The van der Waals surface area contributed by atoms with Crippen molar-refractivity contribution >= 4 is 17.9 Å². The van der Waals surface area contributed by atoms with Crippen LogP contribution in [0.2, 0.25) is 0 Å². The van der Waals surface area contributed by atoms with Crippen LogP contribution in [0.4, 0.5) is 4.79 Å². The Bertz CT molecular complexity index is 1530. The average Bonchev–Trinajstić information content (AvgIpc) is 3.37. The third-order valence-electron chi connectivity index (χ3n) is 8.95. The van der Waals surface area contributed by atoms with E-state index < -0.39 is 41.8 Å². The molecule has 1 aliphatic carbocycles. The fraction of sp³-hybridized carbons (Fsp3) is 0.447. The van der Waals surface area contributed by atoms with E-state index in [1.165, 1.54) is 4.90 Å². The molecule has 0 radical (unpaired) electrons. The summed E-state index contributed by atoms with van der Waals surface area (Å²) in [5.41, 5.74) is 3.25. The van der Waals surface area contributed by atoms with Gasteiger partial charge in [-0.3, -0.25) is 14.5 Å². The number of hydrogen-bond acceptors (Lipinski definition) is 7. The van der Waals surface area contributed by atoms with Crippen LogP contribution in [0.25, 0.3) is 0 Å². The summed E-state index contributed by atoms with van der Waals surface area (Å²) in [5.74, 6) is -1.08. The highest BCUT2D eigenvalue weighted by Crippen LogP contribution is 2.32. The number of aliphatic hydroxyl groups excluding tert-OH is 2. The largest absolute Gasteiger partial charge is 0.445 e. The van der Waals surface area contributed by atoms with E-state index in [0.29, 0.717) is 25.9 Å². The fourth-order valence-corrected chi connectivity index (χ4v) is 6.59.